The summed E-state index contributed by atoms with van der Waals surface area (Å²) >= 11 is 0. The molecule has 26 heavy (non-hydrogen) atoms. The van der Waals surface area contributed by atoms with E-state index in [1.807, 2.05) is 0 Å². The molecule has 3 N–H and O–H groups in total. The molecule has 0 spiro atoms. The van der Waals surface area contributed by atoms with Crippen LogP contribution in [0.15, 0.2) is 48.7 Å². The van der Waals surface area contributed by atoms with Gasteiger partial charge in [-0.1, -0.05) is 12.1 Å². The zero-order chi connectivity index (χ0) is 18.3. The van der Waals surface area contributed by atoms with E-state index in [1.54, 1.807) is 36.5 Å². The normalized spacial score (nSPS) is 14.4. The maximum atomic E-state index is 14.7. The van der Waals surface area contributed by atoms with Gasteiger partial charge in [-0.3, -0.25) is 4.79 Å². The van der Waals surface area contributed by atoms with Crippen molar-refractivity contribution >= 4 is 23.2 Å². The fourth-order valence-electron chi connectivity index (χ4n) is 3.12. The number of phenols is 1. The number of hydrogen-bond acceptors (Lipinski definition) is 3. The Balaban J connectivity index is 1.94. The summed E-state index contributed by atoms with van der Waals surface area (Å²) < 4.78 is 20.0. The molecular formula is C20H15FN2O3. The Labute approximate surface area is 148 Å². The number of H-pyrrole nitrogens is 1. The third-order valence-corrected chi connectivity index (χ3v) is 4.32. The Morgan fingerprint density at radius 1 is 1.08 bits per heavy atom. The van der Waals surface area contributed by atoms with Crippen molar-refractivity contribution in [3.63, 3.8) is 0 Å². The smallest absolute Gasteiger partial charge is 0.256 e. The number of carbonyl (C=O) groups excluding carboxylic acids is 1. The molecule has 0 saturated heterocycles. The van der Waals surface area contributed by atoms with Gasteiger partial charge >= 0.3 is 0 Å². The molecule has 0 radical (unpaired) electrons. The molecule has 6 heteroatoms. The van der Waals surface area contributed by atoms with E-state index < -0.39 is 5.82 Å². The minimum atomic E-state index is -0.449. The predicted molar refractivity (Wildman–Crippen MR) is 97.3 cm³/mol. The lowest BCUT2D eigenvalue weighted by molar-refractivity contribution is -0.110. The average molecular weight is 350 g/mol. The van der Waals surface area contributed by atoms with Crippen LogP contribution in [0, 0.1) is 5.82 Å². The second kappa shape index (κ2) is 6.07. The number of carbonyl (C=O) groups is 1. The fraction of sp³-hybridized carbons (Fsp3) is 0.0500. The van der Waals surface area contributed by atoms with Crippen LogP contribution in [0.5, 0.6) is 11.5 Å². The molecule has 3 aromatic rings. The topological polar surface area (TPSA) is 74.4 Å². The van der Waals surface area contributed by atoms with Crippen LogP contribution in [0.3, 0.4) is 0 Å². The molecule has 5 nitrogen and oxygen atoms in total. The van der Waals surface area contributed by atoms with Gasteiger partial charge in [0.2, 0.25) is 0 Å². The number of phenolic OH excluding ortho intramolecular Hbond substituents is 1. The number of fused-ring (bicyclic) bond motifs is 1. The monoisotopic (exact) mass is 350 g/mol. The number of nitrogens with one attached hydrogen (secondary N) is 2. The second-order valence-corrected chi connectivity index (χ2v) is 5.86. The summed E-state index contributed by atoms with van der Waals surface area (Å²) in [7, 11) is 1.54. The molecule has 0 saturated carbocycles. The van der Waals surface area contributed by atoms with Crippen LogP contribution in [0.2, 0.25) is 0 Å². The number of halogens is 1. The molecule has 1 amide bonds. The van der Waals surface area contributed by atoms with Gasteiger partial charge in [-0.15, -0.1) is 0 Å². The standard InChI is InChI=1S/C20H15FN2O3/c1-26-17-8-9-22-16(17)10-13-19-15(23-20(13)25)7-6-14(21)18(19)11-2-4-12(24)5-3-11/h2-10,22,24H,1H3,(H,23,25)/b13-10-. The Hall–Kier alpha value is -3.54. The molecule has 0 atom stereocenters. The van der Waals surface area contributed by atoms with Gasteiger partial charge < -0.3 is 20.1 Å². The van der Waals surface area contributed by atoms with Gasteiger partial charge in [-0.05, 0) is 42.0 Å². The molecule has 1 aliphatic heterocycles. The number of hydrogen-bond donors (Lipinski definition) is 3. The highest BCUT2D eigenvalue weighted by molar-refractivity contribution is 6.36. The first kappa shape index (κ1) is 16.0. The van der Waals surface area contributed by atoms with Crippen molar-refractivity contribution in [3.05, 3.63) is 65.7 Å². The highest BCUT2D eigenvalue weighted by atomic mass is 19.1. The number of aromatic nitrogens is 1. The second-order valence-electron chi connectivity index (χ2n) is 5.86. The van der Waals surface area contributed by atoms with Gasteiger partial charge in [0.05, 0.1) is 18.4 Å². The minimum Gasteiger partial charge on any atom is -0.508 e. The van der Waals surface area contributed by atoms with Gasteiger partial charge in [0, 0.05) is 23.0 Å². The van der Waals surface area contributed by atoms with Crippen LogP contribution < -0.4 is 10.1 Å². The van der Waals surface area contributed by atoms with Gasteiger partial charge in [0.15, 0.2) is 0 Å². The van der Waals surface area contributed by atoms with Crippen molar-refractivity contribution in [1.82, 2.24) is 4.98 Å². The predicted octanol–water partition coefficient (Wildman–Crippen LogP) is 4.03. The van der Waals surface area contributed by atoms with Crippen LogP contribution >= 0.6 is 0 Å². The molecular weight excluding hydrogens is 335 g/mol. The van der Waals surface area contributed by atoms with Gasteiger partial charge in [-0.2, -0.15) is 0 Å². The quantitative estimate of drug-likeness (QED) is 0.625. The number of rotatable bonds is 3. The average Bonchev–Trinajstić information content (AvgIpc) is 3.21. The van der Waals surface area contributed by atoms with Crippen LogP contribution in [-0.2, 0) is 4.79 Å². The van der Waals surface area contributed by atoms with Crippen LogP contribution in [0.1, 0.15) is 11.3 Å². The highest BCUT2D eigenvalue weighted by Gasteiger charge is 2.29. The summed E-state index contributed by atoms with van der Waals surface area (Å²) in [6.45, 7) is 0. The molecule has 1 aliphatic rings. The summed E-state index contributed by atoms with van der Waals surface area (Å²) in [5, 5.41) is 12.3. The van der Waals surface area contributed by atoms with E-state index in [0.717, 1.165) is 0 Å². The Morgan fingerprint density at radius 3 is 2.58 bits per heavy atom. The lowest BCUT2D eigenvalue weighted by atomic mass is 9.93. The Bertz CT molecular complexity index is 1040. The van der Waals surface area contributed by atoms with Crippen molar-refractivity contribution < 1.29 is 19.0 Å². The van der Waals surface area contributed by atoms with E-state index in [-0.39, 0.29) is 11.7 Å². The molecule has 2 heterocycles. The number of aromatic amines is 1. The molecule has 4 rings (SSSR count). The molecule has 0 fully saturated rings. The molecule has 0 bridgehead atoms. The summed E-state index contributed by atoms with van der Waals surface area (Å²) in [5.41, 5.74) is 2.85. The number of methoxy groups -OCH3 is 1. The Kier molecular flexibility index (Phi) is 3.73. The van der Waals surface area contributed by atoms with E-state index in [4.69, 9.17) is 4.74 Å². The van der Waals surface area contributed by atoms with Gasteiger partial charge in [-0.25, -0.2) is 4.39 Å². The van der Waals surface area contributed by atoms with Crippen molar-refractivity contribution in [3.8, 4) is 22.6 Å². The largest absolute Gasteiger partial charge is 0.508 e. The summed E-state index contributed by atoms with van der Waals surface area (Å²) in [6, 6.07) is 10.8. The van der Waals surface area contributed by atoms with Crippen LogP contribution in [-0.4, -0.2) is 23.1 Å². The Morgan fingerprint density at radius 2 is 1.85 bits per heavy atom. The lowest BCUT2D eigenvalue weighted by Crippen LogP contribution is -2.03. The molecule has 0 unspecified atom stereocenters. The number of benzene rings is 2. The molecule has 2 aromatic carbocycles. The molecule has 130 valence electrons. The van der Waals surface area contributed by atoms with E-state index >= 15 is 0 Å². The van der Waals surface area contributed by atoms with Crippen LogP contribution in [0.25, 0.3) is 22.8 Å². The lowest BCUT2D eigenvalue weighted by Gasteiger charge is -2.10. The van der Waals surface area contributed by atoms with E-state index in [9.17, 15) is 14.3 Å². The summed E-state index contributed by atoms with van der Waals surface area (Å²) in [6.07, 6.45) is 3.34. The van der Waals surface area contributed by atoms with Crippen molar-refractivity contribution in [2.75, 3.05) is 12.4 Å². The zero-order valence-corrected chi connectivity index (χ0v) is 13.8. The minimum absolute atomic E-state index is 0.0859. The van der Waals surface area contributed by atoms with Crippen molar-refractivity contribution in [1.29, 1.82) is 0 Å². The number of aromatic hydroxyl groups is 1. The van der Waals surface area contributed by atoms with E-state index in [2.05, 4.69) is 10.3 Å². The SMILES string of the molecule is COc1cc[nH]c1/C=C1\C(=O)Nc2ccc(F)c(-c3ccc(O)cc3)c21. The zero-order valence-electron chi connectivity index (χ0n) is 13.8. The first-order chi connectivity index (χ1) is 12.6. The number of anilines is 1. The highest BCUT2D eigenvalue weighted by Crippen LogP contribution is 2.42. The first-order valence-corrected chi connectivity index (χ1v) is 7.95. The molecule has 0 aliphatic carbocycles. The van der Waals surface area contributed by atoms with Gasteiger partial charge in [0.25, 0.3) is 5.91 Å². The number of ether oxygens (including phenoxy) is 1. The third-order valence-electron chi connectivity index (χ3n) is 4.32. The van der Waals surface area contributed by atoms with Crippen LogP contribution in [0.4, 0.5) is 10.1 Å². The maximum absolute atomic E-state index is 14.7. The number of amides is 1. The molecule has 1 aromatic heterocycles. The maximum Gasteiger partial charge on any atom is 0.256 e. The fourth-order valence-corrected chi connectivity index (χ4v) is 3.12. The van der Waals surface area contributed by atoms with Crippen molar-refractivity contribution in [2.45, 2.75) is 0 Å². The summed E-state index contributed by atoms with van der Waals surface area (Å²) in [5.74, 6) is -0.0956. The van der Waals surface area contributed by atoms with E-state index in [0.29, 0.717) is 39.4 Å². The van der Waals surface area contributed by atoms with E-state index in [1.165, 1.54) is 25.3 Å². The third kappa shape index (κ3) is 2.52. The van der Waals surface area contributed by atoms with Gasteiger partial charge in [0.1, 0.15) is 17.3 Å². The first-order valence-electron chi connectivity index (χ1n) is 7.95. The summed E-state index contributed by atoms with van der Waals surface area (Å²) in [4.78, 5) is 15.5. The van der Waals surface area contributed by atoms with Crippen molar-refractivity contribution in [2.24, 2.45) is 0 Å².